The molecule has 1 aromatic rings. The second-order valence-corrected chi connectivity index (χ2v) is 5.25. The molecule has 1 fully saturated rings. The van der Waals surface area contributed by atoms with Gasteiger partial charge in [0.05, 0.1) is 6.10 Å². The van der Waals surface area contributed by atoms with E-state index in [9.17, 15) is 9.50 Å². The molecule has 92 valence electrons. The van der Waals surface area contributed by atoms with Crippen molar-refractivity contribution in [2.24, 2.45) is 0 Å². The van der Waals surface area contributed by atoms with Crippen LogP contribution in [0.5, 0.6) is 5.75 Å². The highest BCUT2D eigenvalue weighted by molar-refractivity contribution is 5.38. The molecule has 1 heterocycles. The number of hydrogen-bond acceptors (Lipinski definition) is 2. The van der Waals surface area contributed by atoms with Gasteiger partial charge in [-0.3, -0.25) is 0 Å². The average molecular weight is 236 g/mol. The van der Waals surface area contributed by atoms with Crippen LogP contribution in [-0.2, 0) is 0 Å². The predicted octanol–water partition coefficient (Wildman–Crippen LogP) is 3.34. The van der Waals surface area contributed by atoms with Gasteiger partial charge in [0.2, 0.25) is 0 Å². The summed E-state index contributed by atoms with van der Waals surface area (Å²) in [6, 6.07) is 4.41. The molecule has 0 bridgehead atoms. The summed E-state index contributed by atoms with van der Waals surface area (Å²) in [5.74, 6) is 0.231. The van der Waals surface area contributed by atoms with Crippen molar-refractivity contribution in [2.45, 2.75) is 50.2 Å². The minimum absolute atomic E-state index is 0.252. The van der Waals surface area contributed by atoms with Gasteiger partial charge < -0.3 is 9.84 Å². The molecular weight excluding hydrogens is 219 g/mol. The molecular formula is C14H17FO2. The Morgan fingerprint density at radius 2 is 2.00 bits per heavy atom. The van der Waals surface area contributed by atoms with Crippen LogP contribution in [0.1, 0.15) is 50.2 Å². The maximum atomic E-state index is 13.2. The quantitative estimate of drug-likeness (QED) is 0.748. The third-order valence-corrected chi connectivity index (χ3v) is 3.99. The topological polar surface area (TPSA) is 29.5 Å². The molecule has 1 aromatic carbocycles. The fraction of sp³-hybridized carbons (Fsp3) is 0.571. The van der Waals surface area contributed by atoms with E-state index in [-0.39, 0.29) is 11.4 Å². The van der Waals surface area contributed by atoms with E-state index < -0.39 is 6.10 Å². The van der Waals surface area contributed by atoms with Crippen molar-refractivity contribution in [3.8, 4) is 5.75 Å². The lowest BCUT2D eigenvalue weighted by Gasteiger charge is -2.43. The van der Waals surface area contributed by atoms with Crippen LogP contribution in [0.25, 0.3) is 0 Å². The number of benzene rings is 1. The number of rotatable bonds is 0. The van der Waals surface area contributed by atoms with Crippen molar-refractivity contribution in [3.05, 3.63) is 29.6 Å². The maximum absolute atomic E-state index is 13.2. The Morgan fingerprint density at radius 3 is 2.76 bits per heavy atom. The largest absolute Gasteiger partial charge is 0.487 e. The first-order valence-electron chi connectivity index (χ1n) is 6.35. The van der Waals surface area contributed by atoms with Crippen LogP contribution >= 0.6 is 0 Å². The van der Waals surface area contributed by atoms with E-state index in [0.717, 1.165) is 31.2 Å². The second kappa shape index (κ2) is 3.98. The van der Waals surface area contributed by atoms with Crippen LogP contribution in [0.4, 0.5) is 4.39 Å². The molecule has 2 aliphatic rings. The molecule has 0 amide bonds. The van der Waals surface area contributed by atoms with Gasteiger partial charge in [-0.15, -0.1) is 0 Å². The van der Waals surface area contributed by atoms with Gasteiger partial charge in [-0.05, 0) is 37.8 Å². The normalized spacial score (nSPS) is 26.4. The molecule has 3 rings (SSSR count). The molecule has 0 saturated heterocycles. The fourth-order valence-electron chi connectivity index (χ4n) is 3.11. The van der Waals surface area contributed by atoms with Crippen molar-refractivity contribution >= 4 is 0 Å². The molecule has 0 radical (unpaired) electrons. The third-order valence-electron chi connectivity index (χ3n) is 3.99. The second-order valence-electron chi connectivity index (χ2n) is 5.25. The summed E-state index contributed by atoms with van der Waals surface area (Å²) >= 11 is 0. The molecule has 2 nitrogen and oxygen atoms in total. The summed E-state index contributed by atoms with van der Waals surface area (Å²) in [5.41, 5.74) is 0.473. The molecule has 1 atom stereocenters. The third kappa shape index (κ3) is 1.93. The number of aliphatic hydroxyl groups is 1. The van der Waals surface area contributed by atoms with Crippen molar-refractivity contribution in [1.82, 2.24) is 0 Å². The fourth-order valence-corrected chi connectivity index (χ4v) is 3.11. The summed E-state index contributed by atoms with van der Waals surface area (Å²) in [6.45, 7) is 0. The molecule has 1 saturated carbocycles. The first-order chi connectivity index (χ1) is 8.19. The molecule has 17 heavy (non-hydrogen) atoms. The van der Waals surface area contributed by atoms with Crippen molar-refractivity contribution < 1.29 is 14.2 Å². The van der Waals surface area contributed by atoms with E-state index in [1.165, 1.54) is 18.6 Å². The zero-order valence-electron chi connectivity index (χ0n) is 9.79. The SMILES string of the molecule is OC1CC2(CCCCC2)Oc2cc(F)ccc21. The summed E-state index contributed by atoms with van der Waals surface area (Å²) in [5, 5.41) is 10.2. The van der Waals surface area contributed by atoms with E-state index in [1.54, 1.807) is 6.07 Å². The van der Waals surface area contributed by atoms with E-state index in [2.05, 4.69) is 0 Å². The van der Waals surface area contributed by atoms with Gasteiger partial charge in [-0.25, -0.2) is 4.39 Å². The molecule has 1 N–H and O–H groups in total. The van der Waals surface area contributed by atoms with Gasteiger partial charge in [0.15, 0.2) is 0 Å². The van der Waals surface area contributed by atoms with Crippen molar-refractivity contribution in [3.63, 3.8) is 0 Å². The zero-order valence-corrected chi connectivity index (χ0v) is 9.79. The lowest BCUT2D eigenvalue weighted by molar-refractivity contribution is -0.0383. The van der Waals surface area contributed by atoms with E-state index in [1.807, 2.05) is 0 Å². The first kappa shape index (κ1) is 11.0. The smallest absolute Gasteiger partial charge is 0.128 e. The highest BCUT2D eigenvalue weighted by Gasteiger charge is 2.41. The standard InChI is InChI=1S/C14H17FO2/c15-10-4-5-11-12(16)9-14(17-13(11)8-10)6-2-1-3-7-14/h4-5,8,12,16H,1-3,6-7,9H2. The van der Waals surface area contributed by atoms with Gasteiger partial charge in [0.1, 0.15) is 17.2 Å². The molecule has 1 aliphatic carbocycles. The maximum Gasteiger partial charge on any atom is 0.128 e. The Morgan fingerprint density at radius 1 is 1.24 bits per heavy atom. The van der Waals surface area contributed by atoms with Gasteiger partial charge in [-0.2, -0.15) is 0 Å². The summed E-state index contributed by atoms with van der Waals surface area (Å²) in [7, 11) is 0. The number of hydrogen-bond donors (Lipinski definition) is 1. The van der Waals surface area contributed by atoms with Gasteiger partial charge >= 0.3 is 0 Å². The molecule has 0 aromatic heterocycles. The molecule has 3 heteroatoms. The van der Waals surface area contributed by atoms with Crippen LogP contribution in [0.2, 0.25) is 0 Å². The Kier molecular flexibility index (Phi) is 2.58. The molecule has 1 spiro atoms. The summed E-state index contributed by atoms with van der Waals surface area (Å²) < 4.78 is 19.2. The lowest BCUT2D eigenvalue weighted by Crippen LogP contribution is -2.42. The van der Waals surface area contributed by atoms with Gasteiger partial charge in [-0.1, -0.05) is 6.42 Å². The predicted molar refractivity (Wildman–Crippen MR) is 62.4 cm³/mol. The van der Waals surface area contributed by atoms with E-state index in [4.69, 9.17) is 4.74 Å². The average Bonchev–Trinajstić information content (AvgIpc) is 2.29. The Balaban J connectivity index is 1.95. The van der Waals surface area contributed by atoms with Crippen LogP contribution in [0.3, 0.4) is 0 Å². The van der Waals surface area contributed by atoms with Crippen molar-refractivity contribution in [2.75, 3.05) is 0 Å². The Hall–Kier alpha value is -1.09. The Bertz CT molecular complexity index is 424. The van der Waals surface area contributed by atoms with Crippen LogP contribution in [0.15, 0.2) is 18.2 Å². The van der Waals surface area contributed by atoms with E-state index >= 15 is 0 Å². The van der Waals surface area contributed by atoms with Crippen LogP contribution in [0, 0.1) is 5.82 Å². The number of fused-ring (bicyclic) bond motifs is 1. The number of aliphatic hydroxyl groups excluding tert-OH is 1. The molecule has 1 unspecified atom stereocenters. The van der Waals surface area contributed by atoms with Gasteiger partial charge in [0.25, 0.3) is 0 Å². The van der Waals surface area contributed by atoms with Crippen LogP contribution < -0.4 is 4.74 Å². The van der Waals surface area contributed by atoms with Crippen LogP contribution in [-0.4, -0.2) is 10.7 Å². The Labute approximate surface area is 100 Å². The minimum atomic E-state index is -0.516. The van der Waals surface area contributed by atoms with Gasteiger partial charge in [0, 0.05) is 18.1 Å². The number of ether oxygens (including phenoxy) is 1. The highest BCUT2D eigenvalue weighted by atomic mass is 19.1. The summed E-state index contributed by atoms with van der Waals surface area (Å²) in [6.07, 6.45) is 5.58. The lowest BCUT2D eigenvalue weighted by atomic mass is 9.78. The highest BCUT2D eigenvalue weighted by Crippen LogP contribution is 2.46. The zero-order chi connectivity index (χ0) is 11.9. The monoisotopic (exact) mass is 236 g/mol. The van der Waals surface area contributed by atoms with Crippen molar-refractivity contribution in [1.29, 1.82) is 0 Å². The summed E-state index contributed by atoms with van der Waals surface area (Å²) in [4.78, 5) is 0. The minimum Gasteiger partial charge on any atom is -0.487 e. The van der Waals surface area contributed by atoms with E-state index in [0.29, 0.717) is 12.2 Å². The number of halogens is 1. The first-order valence-corrected chi connectivity index (χ1v) is 6.35. The molecule has 1 aliphatic heterocycles.